The molecule has 0 aromatic carbocycles. The van der Waals surface area contributed by atoms with E-state index in [0.29, 0.717) is 11.7 Å². The predicted octanol–water partition coefficient (Wildman–Crippen LogP) is 2.19. The number of fused-ring (bicyclic) bond motifs is 2. The van der Waals surface area contributed by atoms with Gasteiger partial charge in [0.15, 0.2) is 0 Å². The number of ketones is 1. The van der Waals surface area contributed by atoms with E-state index in [1.165, 1.54) is 6.92 Å². The van der Waals surface area contributed by atoms with Crippen LogP contribution in [0.1, 0.15) is 40.5 Å². The minimum atomic E-state index is -0.293. The van der Waals surface area contributed by atoms with Crippen molar-refractivity contribution >= 4 is 11.8 Å². The molecule has 2 aliphatic carbocycles. The van der Waals surface area contributed by atoms with E-state index in [4.69, 9.17) is 4.74 Å². The Morgan fingerprint density at radius 2 is 2.06 bits per heavy atom. The van der Waals surface area contributed by atoms with Crippen molar-refractivity contribution in [3.63, 3.8) is 0 Å². The molecule has 0 radical (unpaired) electrons. The summed E-state index contributed by atoms with van der Waals surface area (Å²) in [5.74, 6) is 0.315. The summed E-state index contributed by atoms with van der Waals surface area (Å²) >= 11 is 0. The van der Waals surface area contributed by atoms with Crippen LogP contribution in [0, 0.1) is 22.7 Å². The lowest BCUT2D eigenvalue weighted by atomic mass is 9.70. The van der Waals surface area contributed by atoms with E-state index in [1.54, 1.807) is 0 Å². The van der Waals surface area contributed by atoms with Gasteiger partial charge in [-0.2, -0.15) is 0 Å². The Kier molecular flexibility index (Phi) is 2.41. The highest BCUT2D eigenvalue weighted by atomic mass is 16.5. The molecule has 2 fully saturated rings. The first-order chi connectivity index (χ1) is 7.30. The molecule has 0 N–H and O–H groups in total. The Balaban J connectivity index is 2.20. The maximum absolute atomic E-state index is 12.3. The van der Waals surface area contributed by atoms with Gasteiger partial charge >= 0.3 is 5.97 Å². The third-order valence-electron chi connectivity index (χ3n) is 5.14. The fraction of sp³-hybridized carbons (Fsp3) is 0.846. The Bertz CT molecular complexity index is 345. The molecule has 0 aliphatic heterocycles. The lowest BCUT2D eigenvalue weighted by Crippen LogP contribution is -2.34. The van der Waals surface area contributed by atoms with E-state index in [2.05, 4.69) is 20.8 Å². The average molecular weight is 224 g/mol. The molecule has 0 saturated heterocycles. The Hall–Kier alpha value is -0.860. The minimum absolute atomic E-state index is 0.0505. The van der Waals surface area contributed by atoms with Crippen molar-refractivity contribution in [2.45, 2.75) is 40.5 Å². The Morgan fingerprint density at radius 1 is 1.44 bits per heavy atom. The van der Waals surface area contributed by atoms with E-state index in [1.807, 2.05) is 0 Å². The maximum Gasteiger partial charge on any atom is 0.302 e. The number of Topliss-reactive ketones (excluding diaryl/α,β-unsaturated/α-hetero) is 1. The molecular weight excluding hydrogens is 204 g/mol. The molecule has 3 heteroatoms. The van der Waals surface area contributed by atoms with Gasteiger partial charge in [-0.1, -0.05) is 20.8 Å². The first-order valence-electron chi connectivity index (χ1n) is 5.98. The first kappa shape index (κ1) is 11.6. The van der Waals surface area contributed by atoms with Gasteiger partial charge in [-0.25, -0.2) is 0 Å². The fourth-order valence-corrected chi connectivity index (χ4v) is 3.67. The van der Waals surface area contributed by atoms with Crippen molar-refractivity contribution in [2.75, 3.05) is 6.61 Å². The Morgan fingerprint density at radius 3 is 2.50 bits per heavy atom. The van der Waals surface area contributed by atoms with Crippen molar-refractivity contribution in [3.8, 4) is 0 Å². The smallest absolute Gasteiger partial charge is 0.302 e. The number of esters is 1. The predicted molar refractivity (Wildman–Crippen MR) is 59.7 cm³/mol. The van der Waals surface area contributed by atoms with Gasteiger partial charge in [-0.15, -0.1) is 0 Å². The summed E-state index contributed by atoms with van der Waals surface area (Å²) in [5.41, 5.74) is -0.155. The molecule has 2 aliphatic rings. The lowest BCUT2D eigenvalue weighted by molar-refractivity contribution is -0.145. The second kappa shape index (κ2) is 3.31. The molecule has 0 aromatic rings. The fourth-order valence-electron chi connectivity index (χ4n) is 3.67. The highest BCUT2D eigenvalue weighted by Crippen LogP contribution is 2.65. The standard InChI is InChI=1S/C13H20O3/c1-8(14)16-7-9-10-5-6-13(4,11(9)15)12(10,2)3/h9-10H,5-7H2,1-4H3. The van der Waals surface area contributed by atoms with Crippen LogP contribution >= 0.6 is 0 Å². The number of carbonyl (C=O) groups is 2. The van der Waals surface area contributed by atoms with Crippen LogP contribution in [0.25, 0.3) is 0 Å². The van der Waals surface area contributed by atoms with Crippen molar-refractivity contribution < 1.29 is 14.3 Å². The molecule has 0 aromatic heterocycles. The van der Waals surface area contributed by atoms with Gasteiger partial charge in [0.2, 0.25) is 0 Å². The molecule has 0 heterocycles. The number of carbonyl (C=O) groups excluding carboxylic acids is 2. The van der Waals surface area contributed by atoms with E-state index >= 15 is 0 Å². The van der Waals surface area contributed by atoms with Gasteiger partial charge in [0.25, 0.3) is 0 Å². The molecule has 16 heavy (non-hydrogen) atoms. The summed E-state index contributed by atoms with van der Waals surface area (Å²) in [6.07, 6.45) is 2.07. The number of hydrogen-bond acceptors (Lipinski definition) is 3. The molecule has 3 atom stereocenters. The molecule has 0 amide bonds. The van der Waals surface area contributed by atoms with Gasteiger partial charge in [-0.05, 0) is 24.2 Å². The van der Waals surface area contributed by atoms with Crippen molar-refractivity contribution in [1.29, 1.82) is 0 Å². The van der Waals surface area contributed by atoms with Gasteiger partial charge < -0.3 is 4.74 Å². The second-order valence-corrected chi connectivity index (χ2v) is 5.97. The summed E-state index contributed by atoms with van der Waals surface area (Å²) in [6.45, 7) is 8.10. The molecule has 2 bridgehead atoms. The lowest BCUT2D eigenvalue weighted by Gasteiger charge is -2.32. The van der Waals surface area contributed by atoms with Crippen LogP contribution in [0.4, 0.5) is 0 Å². The van der Waals surface area contributed by atoms with Crippen LogP contribution in [-0.4, -0.2) is 18.4 Å². The third-order valence-corrected chi connectivity index (χ3v) is 5.14. The number of ether oxygens (including phenoxy) is 1. The number of rotatable bonds is 2. The second-order valence-electron chi connectivity index (χ2n) is 5.97. The van der Waals surface area contributed by atoms with E-state index in [9.17, 15) is 9.59 Å². The maximum atomic E-state index is 12.3. The molecule has 3 unspecified atom stereocenters. The monoisotopic (exact) mass is 224 g/mol. The largest absolute Gasteiger partial charge is 0.465 e. The zero-order valence-corrected chi connectivity index (χ0v) is 10.5. The van der Waals surface area contributed by atoms with Crippen molar-refractivity contribution in [3.05, 3.63) is 0 Å². The summed E-state index contributed by atoms with van der Waals surface area (Å²) < 4.78 is 5.03. The normalized spacial score (nSPS) is 40.1. The zero-order valence-electron chi connectivity index (χ0n) is 10.5. The van der Waals surface area contributed by atoms with E-state index < -0.39 is 0 Å². The van der Waals surface area contributed by atoms with Crippen LogP contribution in [-0.2, 0) is 14.3 Å². The van der Waals surface area contributed by atoms with Crippen LogP contribution < -0.4 is 0 Å². The van der Waals surface area contributed by atoms with Crippen molar-refractivity contribution in [2.24, 2.45) is 22.7 Å². The molecule has 2 saturated carbocycles. The average Bonchev–Trinajstić information content (AvgIpc) is 2.47. The molecule has 2 rings (SSSR count). The van der Waals surface area contributed by atoms with Gasteiger partial charge in [-0.3, -0.25) is 9.59 Å². The van der Waals surface area contributed by atoms with E-state index in [0.717, 1.165) is 12.8 Å². The SMILES string of the molecule is CC(=O)OCC1C(=O)C2(C)CCC1C2(C)C. The summed E-state index contributed by atoms with van der Waals surface area (Å²) in [7, 11) is 0. The zero-order chi connectivity index (χ0) is 12.1. The molecular formula is C13H20O3. The highest BCUT2D eigenvalue weighted by Gasteiger charge is 2.66. The third kappa shape index (κ3) is 1.26. The summed E-state index contributed by atoms with van der Waals surface area (Å²) in [5, 5.41) is 0. The minimum Gasteiger partial charge on any atom is -0.465 e. The molecule has 3 nitrogen and oxygen atoms in total. The van der Waals surface area contributed by atoms with Crippen LogP contribution in [0.15, 0.2) is 0 Å². The van der Waals surface area contributed by atoms with Crippen molar-refractivity contribution in [1.82, 2.24) is 0 Å². The highest BCUT2D eigenvalue weighted by molar-refractivity contribution is 5.91. The summed E-state index contributed by atoms with van der Waals surface area (Å²) in [4.78, 5) is 23.1. The van der Waals surface area contributed by atoms with Gasteiger partial charge in [0.05, 0.1) is 5.92 Å². The van der Waals surface area contributed by atoms with E-state index in [-0.39, 0.29) is 29.3 Å². The summed E-state index contributed by atoms with van der Waals surface area (Å²) in [6, 6.07) is 0. The molecule has 0 spiro atoms. The van der Waals surface area contributed by atoms with Crippen LogP contribution in [0.2, 0.25) is 0 Å². The van der Waals surface area contributed by atoms with Gasteiger partial charge in [0.1, 0.15) is 12.4 Å². The quantitative estimate of drug-likeness (QED) is 0.675. The molecule has 90 valence electrons. The van der Waals surface area contributed by atoms with Gasteiger partial charge in [0, 0.05) is 12.3 Å². The number of hydrogen-bond donors (Lipinski definition) is 0. The Labute approximate surface area is 96.5 Å². The van der Waals surface area contributed by atoms with Crippen LogP contribution in [0.5, 0.6) is 0 Å². The van der Waals surface area contributed by atoms with Crippen LogP contribution in [0.3, 0.4) is 0 Å². The topological polar surface area (TPSA) is 43.4 Å². The first-order valence-corrected chi connectivity index (χ1v) is 5.98.